The van der Waals surface area contributed by atoms with E-state index in [1.54, 1.807) is 0 Å². The molecule has 2 aromatic carbocycles. The van der Waals surface area contributed by atoms with E-state index in [9.17, 15) is 4.79 Å². The van der Waals surface area contributed by atoms with Gasteiger partial charge in [-0.05, 0) is 31.0 Å². The maximum Gasteiger partial charge on any atom is 0.263 e. The average Bonchev–Trinajstić information content (AvgIpc) is 2.74. The summed E-state index contributed by atoms with van der Waals surface area (Å²) < 4.78 is 5.96. The Morgan fingerprint density at radius 2 is 1.71 bits per heavy atom. The van der Waals surface area contributed by atoms with E-state index in [-0.39, 0.29) is 5.91 Å². The second-order valence-corrected chi connectivity index (χ2v) is 7.27. The van der Waals surface area contributed by atoms with Crippen LogP contribution in [0.2, 0.25) is 0 Å². The molecule has 1 heterocycles. The first kappa shape index (κ1) is 20.2. The van der Waals surface area contributed by atoms with Crippen LogP contribution in [0, 0.1) is 6.92 Å². The molecule has 0 saturated carbocycles. The van der Waals surface area contributed by atoms with Gasteiger partial charge in [-0.1, -0.05) is 67.1 Å². The lowest BCUT2D eigenvalue weighted by Crippen LogP contribution is -2.52. The zero-order valence-corrected chi connectivity index (χ0v) is 16.9. The molecule has 28 heavy (non-hydrogen) atoms. The lowest BCUT2D eigenvalue weighted by Gasteiger charge is -2.35. The predicted octanol–water partition coefficient (Wildman–Crippen LogP) is 4.01. The molecule has 1 aliphatic heterocycles. The van der Waals surface area contributed by atoms with Gasteiger partial charge in [-0.15, -0.1) is 0 Å². The van der Waals surface area contributed by atoms with Gasteiger partial charge in [0.15, 0.2) is 6.10 Å². The van der Waals surface area contributed by atoms with Crippen LogP contribution in [0.5, 0.6) is 5.75 Å². The van der Waals surface area contributed by atoms with Crippen LogP contribution in [0.3, 0.4) is 0 Å². The van der Waals surface area contributed by atoms with Gasteiger partial charge in [0.1, 0.15) is 5.75 Å². The van der Waals surface area contributed by atoms with E-state index in [0.717, 1.165) is 38.5 Å². The Labute approximate surface area is 168 Å². The molecule has 2 aromatic rings. The normalized spacial score (nSPS) is 16.3. The molecular formula is C24H30N2O2. The van der Waals surface area contributed by atoms with Gasteiger partial charge in [-0.3, -0.25) is 9.69 Å². The minimum atomic E-state index is -0.410. The number of hydrogen-bond donors (Lipinski definition) is 0. The summed E-state index contributed by atoms with van der Waals surface area (Å²) in [5.41, 5.74) is 2.40. The quantitative estimate of drug-likeness (QED) is 0.730. The third kappa shape index (κ3) is 5.70. The van der Waals surface area contributed by atoms with Crippen LogP contribution in [0.25, 0.3) is 6.08 Å². The fourth-order valence-electron chi connectivity index (χ4n) is 3.35. The van der Waals surface area contributed by atoms with Crippen LogP contribution >= 0.6 is 0 Å². The number of carbonyl (C=O) groups is 1. The van der Waals surface area contributed by atoms with Crippen LogP contribution in [0.4, 0.5) is 0 Å². The molecular weight excluding hydrogens is 348 g/mol. The molecule has 0 spiro atoms. The van der Waals surface area contributed by atoms with Crippen LogP contribution in [-0.4, -0.2) is 54.5 Å². The van der Waals surface area contributed by atoms with E-state index >= 15 is 0 Å². The maximum absolute atomic E-state index is 12.9. The Bertz CT molecular complexity index is 763. The largest absolute Gasteiger partial charge is 0.481 e. The average molecular weight is 379 g/mol. The Hall–Kier alpha value is -2.59. The van der Waals surface area contributed by atoms with Gasteiger partial charge in [0, 0.05) is 32.7 Å². The summed E-state index contributed by atoms with van der Waals surface area (Å²) in [4.78, 5) is 17.2. The minimum absolute atomic E-state index is 0.0996. The summed E-state index contributed by atoms with van der Waals surface area (Å²) in [5, 5.41) is 0. The fraction of sp³-hybridized carbons (Fsp3) is 0.375. The van der Waals surface area contributed by atoms with Crippen molar-refractivity contribution in [2.45, 2.75) is 26.4 Å². The Morgan fingerprint density at radius 3 is 2.36 bits per heavy atom. The molecule has 3 rings (SSSR count). The fourth-order valence-corrected chi connectivity index (χ4v) is 3.35. The van der Waals surface area contributed by atoms with E-state index in [1.807, 2.05) is 61.2 Å². The van der Waals surface area contributed by atoms with Crippen molar-refractivity contribution in [2.75, 3.05) is 32.7 Å². The monoisotopic (exact) mass is 378 g/mol. The molecule has 0 radical (unpaired) electrons. The molecule has 148 valence electrons. The number of ether oxygens (including phenoxy) is 1. The van der Waals surface area contributed by atoms with E-state index < -0.39 is 6.10 Å². The summed E-state index contributed by atoms with van der Waals surface area (Å²) in [6.07, 6.45) is 4.61. The van der Waals surface area contributed by atoms with Crippen molar-refractivity contribution in [1.29, 1.82) is 0 Å². The van der Waals surface area contributed by atoms with E-state index in [4.69, 9.17) is 4.74 Å². The van der Waals surface area contributed by atoms with E-state index in [2.05, 4.69) is 29.2 Å². The van der Waals surface area contributed by atoms with Crippen molar-refractivity contribution in [3.8, 4) is 5.75 Å². The molecule has 1 saturated heterocycles. The molecule has 1 amide bonds. The number of piperazine rings is 1. The molecule has 4 heteroatoms. The van der Waals surface area contributed by atoms with Gasteiger partial charge >= 0.3 is 0 Å². The van der Waals surface area contributed by atoms with Gasteiger partial charge < -0.3 is 9.64 Å². The molecule has 1 fully saturated rings. The van der Waals surface area contributed by atoms with Crippen LogP contribution < -0.4 is 4.74 Å². The van der Waals surface area contributed by atoms with Crippen molar-refractivity contribution >= 4 is 12.0 Å². The second-order valence-electron chi connectivity index (χ2n) is 7.27. The smallest absolute Gasteiger partial charge is 0.263 e. The third-order valence-corrected chi connectivity index (χ3v) is 5.10. The summed E-state index contributed by atoms with van der Waals surface area (Å²) in [7, 11) is 0. The van der Waals surface area contributed by atoms with Crippen molar-refractivity contribution in [1.82, 2.24) is 9.80 Å². The van der Waals surface area contributed by atoms with Crippen molar-refractivity contribution in [3.63, 3.8) is 0 Å². The molecule has 4 nitrogen and oxygen atoms in total. The second kappa shape index (κ2) is 10.1. The predicted molar refractivity (Wildman–Crippen MR) is 114 cm³/mol. The molecule has 0 aliphatic carbocycles. The summed E-state index contributed by atoms with van der Waals surface area (Å²) in [6.45, 7) is 8.26. The Kier molecular flexibility index (Phi) is 7.26. The Balaban J connectivity index is 1.47. The van der Waals surface area contributed by atoms with Crippen LogP contribution in [0.15, 0.2) is 60.7 Å². The maximum atomic E-state index is 12.9. The lowest BCUT2D eigenvalue weighted by molar-refractivity contribution is -0.140. The van der Waals surface area contributed by atoms with Crippen molar-refractivity contribution < 1.29 is 9.53 Å². The van der Waals surface area contributed by atoms with Gasteiger partial charge in [0.25, 0.3) is 5.91 Å². The lowest BCUT2D eigenvalue weighted by atomic mass is 10.2. The molecule has 0 unspecified atom stereocenters. The number of hydrogen-bond acceptors (Lipinski definition) is 3. The molecule has 0 bridgehead atoms. The van der Waals surface area contributed by atoms with E-state index in [0.29, 0.717) is 6.42 Å². The minimum Gasteiger partial charge on any atom is -0.481 e. The highest BCUT2D eigenvalue weighted by Gasteiger charge is 2.27. The summed E-state index contributed by atoms with van der Waals surface area (Å²) in [6, 6.07) is 18.2. The standard InChI is InChI=1S/C24H30N2O2/c1-3-23(28-22-13-11-20(2)12-14-22)24(27)26-18-16-25(17-19-26)15-7-10-21-8-5-4-6-9-21/h4-14,23H,3,15-19H2,1-2H3/b10-7+/t23-/m0/s1. The van der Waals surface area contributed by atoms with Crippen LogP contribution in [-0.2, 0) is 4.79 Å². The molecule has 0 N–H and O–H groups in total. The highest BCUT2D eigenvalue weighted by atomic mass is 16.5. The van der Waals surface area contributed by atoms with Crippen LogP contribution in [0.1, 0.15) is 24.5 Å². The SMILES string of the molecule is CC[C@H](Oc1ccc(C)cc1)C(=O)N1CCN(C/C=C/c2ccccc2)CC1. The van der Waals surface area contributed by atoms with Gasteiger partial charge in [-0.25, -0.2) is 0 Å². The highest BCUT2D eigenvalue weighted by molar-refractivity contribution is 5.81. The Morgan fingerprint density at radius 1 is 1.04 bits per heavy atom. The zero-order chi connectivity index (χ0) is 19.8. The first-order chi connectivity index (χ1) is 13.7. The van der Waals surface area contributed by atoms with Gasteiger partial charge in [0.05, 0.1) is 0 Å². The summed E-state index contributed by atoms with van der Waals surface area (Å²) >= 11 is 0. The third-order valence-electron chi connectivity index (χ3n) is 5.10. The summed E-state index contributed by atoms with van der Waals surface area (Å²) in [5.74, 6) is 0.859. The molecule has 1 aliphatic rings. The topological polar surface area (TPSA) is 32.8 Å². The number of amides is 1. The van der Waals surface area contributed by atoms with Gasteiger partial charge in [0.2, 0.25) is 0 Å². The zero-order valence-electron chi connectivity index (χ0n) is 16.9. The van der Waals surface area contributed by atoms with Crippen molar-refractivity contribution in [2.24, 2.45) is 0 Å². The number of nitrogens with zero attached hydrogens (tertiary/aromatic N) is 2. The number of benzene rings is 2. The number of carbonyl (C=O) groups excluding carboxylic acids is 1. The highest BCUT2D eigenvalue weighted by Crippen LogP contribution is 2.16. The first-order valence-electron chi connectivity index (χ1n) is 10.1. The van der Waals surface area contributed by atoms with E-state index in [1.165, 1.54) is 11.1 Å². The number of rotatable bonds is 7. The molecule has 1 atom stereocenters. The first-order valence-corrected chi connectivity index (χ1v) is 10.1. The molecule has 0 aromatic heterocycles. The van der Waals surface area contributed by atoms with Crippen molar-refractivity contribution in [3.05, 3.63) is 71.8 Å². The number of aryl methyl sites for hydroxylation is 1. The van der Waals surface area contributed by atoms with Gasteiger partial charge in [-0.2, -0.15) is 0 Å².